The Morgan fingerprint density at radius 3 is 1.50 bits per heavy atom. The molecule has 0 aromatic carbocycles. The van der Waals surface area contributed by atoms with Gasteiger partial charge in [0.2, 0.25) is 0 Å². The summed E-state index contributed by atoms with van der Waals surface area (Å²) in [5.41, 5.74) is 0. The van der Waals surface area contributed by atoms with Crippen LogP contribution in [0.4, 0.5) is 0 Å². The molecule has 4 nitrogen and oxygen atoms in total. The largest absolute Gasteiger partial charge is 0.478 e. The number of allylic oxidation sites excluding steroid dienone is 1. The Morgan fingerprint density at radius 1 is 0.889 bits per heavy atom. The van der Waals surface area contributed by atoms with E-state index in [0.29, 0.717) is 13.2 Å². The monoisotopic (exact) mass is 260 g/mol. The molecule has 0 heterocycles. The first kappa shape index (κ1) is 19.5. The van der Waals surface area contributed by atoms with Gasteiger partial charge in [-0.3, -0.25) is 0 Å². The van der Waals surface area contributed by atoms with Crippen LogP contribution in [-0.4, -0.2) is 34.5 Å². The van der Waals surface area contributed by atoms with Crippen molar-refractivity contribution < 1.29 is 20.1 Å². The third kappa shape index (κ3) is 24.4. The minimum absolute atomic E-state index is 0.330. The van der Waals surface area contributed by atoms with E-state index in [1.54, 1.807) is 6.08 Å². The second kappa shape index (κ2) is 18.5. The molecule has 18 heavy (non-hydrogen) atoms. The molecule has 0 radical (unpaired) electrons. The van der Waals surface area contributed by atoms with E-state index in [0.717, 1.165) is 38.2 Å². The van der Waals surface area contributed by atoms with Gasteiger partial charge in [-0.05, 0) is 19.3 Å². The summed E-state index contributed by atoms with van der Waals surface area (Å²) in [5.74, 6) is -0.873. The molecule has 0 spiro atoms. The van der Waals surface area contributed by atoms with Crippen LogP contribution in [0.5, 0.6) is 0 Å². The topological polar surface area (TPSA) is 77.8 Å². The number of hydrogen-bond donors (Lipinski definition) is 3. The van der Waals surface area contributed by atoms with Gasteiger partial charge in [0.1, 0.15) is 0 Å². The summed E-state index contributed by atoms with van der Waals surface area (Å²) in [7, 11) is 0. The molecule has 0 bridgehead atoms. The van der Waals surface area contributed by atoms with Gasteiger partial charge in [-0.15, -0.1) is 0 Å². The smallest absolute Gasteiger partial charge is 0.327 e. The van der Waals surface area contributed by atoms with E-state index >= 15 is 0 Å². The summed E-state index contributed by atoms with van der Waals surface area (Å²) in [6.45, 7) is 2.55. The number of carbonyl (C=O) groups is 1. The molecule has 0 unspecified atom stereocenters. The van der Waals surface area contributed by atoms with Crippen LogP contribution in [0.25, 0.3) is 0 Å². The molecule has 0 saturated heterocycles. The number of carboxylic acids is 1. The summed E-state index contributed by atoms with van der Waals surface area (Å²) >= 11 is 0. The van der Waals surface area contributed by atoms with E-state index in [2.05, 4.69) is 0 Å². The van der Waals surface area contributed by atoms with Crippen LogP contribution in [0.1, 0.15) is 58.3 Å². The first-order valence-electron chi connectivity index (χ1n) is 6.80. The Labute approximate surface area is 110 Å². The Hall–Kier alpha value is -0.870. The molecule has 0 rings (SSSR count). The first-order valence-corrected chi connectivity index (χ1v) is 6.80. The average Bonchev–Trinajstić information content (AvgIpc) is 2.36. The zero-order chi connectivity index (χ0) is 14.1. The van der Waals surface area contributed by atoms with Crippen LogP contribution in [0.2, 0.25) is 0 Å². The summed E-state index contributed by atoms with van der Waals surface area (Å²) in [6.07, 6.45) is 11.4. The molecule has 4 heteroatoms. The van der Waals surface area contributed by atoms with Gasteiger partial charge in [0.15, 0.2) is 0 Å². The SMILES string of the molecule is CCC=CC(=O)O.OCCCCCCCCCO. The summed E-state index contributed by atoms with van der Waals surface area (Å²) in [4.78, 5) is 9.67. The molecule has 0 aliphatic rings. The number of aliphatic hydroxyl groups excluding tert-OH is 2. The van der Waals surface area contributed by atoms with Crippen molar-refractivity contribution >= 4 is 5.97 Å². The maximum absolute atomic E-state index is 9.67. The number of rotatable bonds is 10. The molecule has 0 atom stereocenters. The minimum atomic E-state index is -0.873. The van der Waals surface area contributed by atoms with Gasteiger partial charge < -0.3 is 15.3 Å². The van der Waals surface area contributed by atoms with Crippen LogP contribution in [-0.2, 0) is 4.79 Å². The summed E-state index contributed by atoms with van der Waals surface area (Å²) < 4.78 is 0. The number of aliphatic hydroxyl groups is 2. The lowest BCUT2D eigenvalue weighted by Gasteiger charge is -1.98. The van der Waals surface area contributed by atoms with E-state index in [1.807, 2.05) is 6.92 Å². The number of unbranched alkanes of at least 4 members (excludes halogenated alkanes) is 6. The molecule has 0 amide bonds. The quantitative estimate of drug-likeness (QED) is 0.417. The Kier molecular flexibility index (Phi) is 20.0. The van der Waals surface area contributed by atoms with Crippen molar-refractivity contribution in [3.8, 4) is 0 Å². The zero-order valence-corrected chi connectivity index (χ0v) is 11.5. The maximum Gasteiger partial charge on any atom is 0.327 e. The zero-order valence-electron chi connectivity index (χ0n) is 11.5. The molecule has 0 aromatic heterocycles. The van der Waals surface area contributed by atoms with Gasteiger partial charge in [0, 0.05) is 19.3 Å². The summed E-state index contributed by atoms with van der Waals surface area (Å²) in [5, 5.41) is 24.9. The van der Waals surface area contributed by atoms with E-state index in [1.165, 1.54) is 19.3 Å². The van der Waals surface area contributed by atoms with E-state index < -0.39 is 5.97 Å². The van der Waals surface area contributed by atoms with Crippen molar-refractivity contribution in [2.45, 2.75) is 58.3 Å². The average molecular weight is 260 g/mol. The first-order chi connectivity index (χ1) is 8.68. The van der Waals surface area contributed by atoms with Crippen LogP contribution in [0, 0.1) is 0 Å². The van der Waals surface area contributed by atoms with E-state index in [9.17, 15) is 4.79 Å². The highest BCUT2D eigenvalue weighted by atomic mass is 16.4. The Bertz CT molecular complexity index is 182. The van der Waals surface area contributed by atoms with Crippen LogP contribution in [0.15, 0.2) is 12.2 Å². The highest BCUT2D eigenvalue weighted by Crippen LogP contribution is 2.06. The molecule has 0 saturated carbocycles. The fraction of sp³-hybridized carbons (Fsp3) is 0.786. The van der Waals surface area contributed by atoms with Gasteiger partial charge in [-0.25, -0.2) is 4.79 Å². The lowest BCUT2D eigenvalue weighted by atomic mass is 10.1. The van der Waals surface area contributed by atoms with Gasteiger partial charge >= 0.3 is 5.97 Å². The molecular weight excluding hydrogens is 232 g/mol. The van der Waals surface area contributed by atoms with Crippen LogP contribution < -0.4 is 0 Å². The molecule has 0 fully saturated rings. The highest BCUT2D eigenvalue weighted by molar-refractivity contribution is 5.79. The Balaban J connectivity index is 0. The van der Waals surface area contributed by atoms with Crippen molar-refractivity contribution in [2.24, 2.45) is 0 Å². The lowest BCUT2D eigenvalue weighted by Crippen LogP contribution is -1.85. The number of hydrogen-bond acceptors (Lipinski definition) is 3. The normalized spacial score (nSPS) is 10.2. The minimum Gasteiger partial charge on any atom is -0.478 e. The van der Waals surface area contributed by atoms with Crippen molar-refractivity contribution in [1.29, 1.82) is 0 Å². The molecule has 3 N–H and O–H groups in total. The molecule has 108 valence electrons. The van der Waals surface area contributed by atoms with Crippen molar-refractivity contribution in [2.75, 3.05) is 13.2 Å². The molecular formula is C14H28O4. The summed E-state index contributed by atoms with van der Waals surface area (Å²) in [6, 6.07) is 0. The standard InChI is InChI=1S/C9H20O2.C5H8O2/c10-8-6-4-2-1-3-5-7-9-11;1-2-3-4-5(6)7/h10-11H,1-9H2;3-4H,2H2,1H3,(H,6,7). The highest BCUT2D eigenvalue weighted by Gasteiger charge is 1.89. The predicted molar refractivity (Wildman–Crippen MR) is 73.6 cm³/mol. The fourth-order valence-corrected chi connectivity index (χ4v) is 1.33. The molecule has 0 aliphatic carbocycles. The number of carboxylic acid groups (broad SMARTS) is 1. The van der Waals surface area contributed by atoms with E-state index in [4.69, 9.17) is 15.3 Å². The van der Waals surface area contributed by atoms with Crippen molar-refractivity contribution in [3.05, 3.63) is 12.2 Å². The Morgan fingerprint density at radius 2 is 1.28 bits per heavy atom. The van der Waals surface area contributed by atoms with Crippen molar-refractivity contribution in [1.82, 2.24) is 0 Å². The third-order valence-corrected chi connectivity index (χ3v) is 2.31. The van der Waals surface area contributed by atoms with Crippen LogP contribution in [0.3, 0.4) is 0 Å². The predicted octanol–water partition coefficient (Wildman–Crippen LogP) is 2.74. The fourth-order valence-electron chi connectivity index (χ4n) is 1.33. The van der Waals surface area contributed by atoms with Gasteiger partial charge in [0.05, 0.1) is 0 Å². The van der Waals surface area contributed by atoms with E-state index in [-0.39, 0.29) is 0 Å². The van der Waals surface area contributed by atoms with Crippen molar-refractivity contribution in [3.63, 3.8) is 0 Å². The molecule has 0 aliphatic heterocycles. The van der Waals surface area contributed by atoms with Gasteiger partial charge in [-0.2, -0.15) is 0 Å². The number of aliphatic carboxylic acids is 1. The second-order valence-electron chi connectivity index (χ2n) is 4.07. The lowest BCUT2D eigenvalue weighted by molar-refractivity contribution is -0.131. The molecule has 0 aromatic rings. The van der Waals surface area contributed by atoms with Gasteiger partial charge in [0.25, 0.3) is 0 Å². The maximum atomic E-state index is 9.67. The second-order valence-corrected chi connectivity index (χ2v) is 4.07. The van der Waals surface area contributed by atoms with Gasteiger partial charge in [-0.1, -0.05) is 45.1 Å². The third-order valence-electron chi connectivity index (χ3n) is 2.31. The van der Waals surface area contributed by atoms with Crippen LogP contribution >= 0.6 is 0 Å².